The maximum atomic E-state index is 12.8. The Labute approximate surface area is 108 Å². The van der Waals surface area contributed by atoms with E-state index >= 15 is 0 Å². The topological polar surface area (TPSA) is 79.3 Å². The number of carboxylic acids is 1. The number of aliphatic carboxylic acids is 1. The molecule has 0 bridgehead atoms. The van der Waals surface area contributed by atoms with E-state index in [1.165, 1.54) is 17.8 Å². The summed E-state index contributed by atoms with van der Waals surface area (Å²) in [7, 11) is 0. The Kier molecular flexibility index (Phi) is 5.57. The zero-order chi connectivity index (χ0) is 13.5. The van der Waals surface area contributed by atoms with Gasteiger partial charge in [-0.3, -0.25) is 4.79 Å². The number of rotatable bonds is 6. The number of nitrogens with zero attached hydrogens (tertiary/aromatic N) is 1. The van der Waals surface area contributed by atoms with Crippen LogP contribution in [0.4, 0.5) is 4.39 Å². The van der Waals surface area contributed by atoms with Gasteiger partial charge in [-0.1, -0.05) is 0 Å². The van der Waals surface area contributed by atoms with Gasteiger partial charge in [-0.2, -0.15) is 16.2 Å². The van der Waals surface area contributed by atoms with Crippen LogP contribution in [0.15, 0.2) is 18.3 Å². The molecule has 0 aliphatic carbocycles. The average molecular weight is 272 g/mol. The summed E-state index contributed by atoms with van der Waals surface area (Å²) in [6, 6.07) is 1.32. The lowest BCUT2D eigenvalue weighted by Gasteiger charge is -2.13. The van der Waals surface area contributed by atoms with Gasteiger partial charge in [0.25, 0.3) is 5.91 Å². The lowest BCUT2D eigenvalue weighted by atomic mass is 10.2. The normalized spacial score (nSPS) is 11.9. The van der Waals surface area contributed by atoms with Crippen molar-refractivity contribution in [1.82, 2.24) is 10.3 Å². The molecule has 1 heterocycles. The summed E-state index contributed by atoms with van der Waals surface area (Å²) in [6.45, 7) is 0. The second kappa shape index (κ2) is 6.95. The molecule has 0 saturated heterocycles. The van der Waals surface area contributed by atoms with Gasteiger partial charge in [-0.15, -0.1) is 0 Å². The van der Waals surface area contributed by atoms with Crippen LogP contribution in [0.3, 0.4) is 0 Å². The highest BCUT2D eigenvalue weighted by Gasteiger charge is 2.20. The molecule has 2 N–H and O–H groups in total. The Morgan fingerprint density at radius 1 is 1.61 bits per heavy atom. The van der Waals surface area contributed by atoms with E-state index in [1.54, 1.807) is 0 Å². The minimum atomic E-state index is -1.10. The Bertz CT molecular complexity index is 442. The van der Waals surface area contributed by atoms with Gasteiger partial charge in [0.2, 0.25) is 5.95 Å². The molecule has 0 radical (unpaired) electrons. The minimum absolute atomic E-state index is 0.0536. The summed E-state index contributed by atoms with van der Waals surface area (Å²) >= 11 is 1.49. The van der Waals surface area contributed by atoms with E-state index in [-0.39, 0.29) is 5.56 Å². The van der Waals surface area contributed by atoms with Crippen LogP contribution in [-0.4, -0.2) is 40.0 Å². The summed E-state index contributed by atoms with van der Waals surface area (Å²) in [5.74, 6) is -1.89. The van der Waals surface area contributed by atoms with E-state index in [0.717, 1.165) is 12.3 Å². The van der Waals surface area contributed by atoms with Gasteiger partial charge in [-0.05, 0) is 24.5 Å². The van der Waals surface area contributed by atoms with E-state index < -0.39 is 23.9 Å². The molecule has 5 nitrogen and oxygen atoms in total. The maximum Gasteiger partial charge on any atom is 0.326 e. The number of hydrogen-bond acceptors (Lipinski definition) is 4. The predicted octanol–water partition coefficient (Wildman–Crippen LogP) is 1.16. The molecule has 0 unspecified atom stereocenters. The van der Waals surface area contributed by atoms with E-state index in [9.17, 15) is 14.0 Å². The molecule has 1 amide bonds. The molecule has 18 heavy (non-hydrogen) atoms. The first-order valence-electron chi connectivity index (χ1n) is 5.18. The summed E-state index contributed by atoms with van der Waals surface area (Å²) in [5, 5.41) is 11.3. The average Bonchev–Trinajstić information content (AvgIpc) is 2.33. The largest absolute Gasteiger partial charge is 0.480 e. The number of nitrogens with one attached hydrogen (secondary N) is 1. The van der Waals surface area contributed by atoms with Gasteiger partial charge in [0.1, 0.15) is 6.04 Å². The second-order valence-electron chi connectivity index (χ2n) is 3.51. The van der Waals surface area contributed by atoms with Crippen molar-refractivity contribution in [2.45, 2.75) is 12.5 Å². The summed E-state index contributed by atoms with van der Waals surface area (Å²) < 4.78 is 12.8. The van der Waals surface area contributed by atoms with Crippen molar-refractivity contribution in [1.29, 1.82) is 0 Å². The molecule has 1 rings (SSSR count). The number of hydrogen-bond donors (Lipinski definition) is 2. The predicted molar refractivity (Wildman–Crippen MR) is 66.1 cm³/mol. The fourth-order valence-electron chi connectivity index (χ4n) is 1.28. The van der Waals surface area contributed by atoms with E-state index in [0.29, 0.717) is 12.2 Å². The lowest BCUT2D eigenvalue weighted by molar-refractivity contribution is -0.139. The molecular formula is C11H13FN2O3S. The molecule has 0 aliphatic heterocycles. The van der Waals surface area contributed by atoms with E-state index in [1.807, 2.05) is 6.26 Å². The first-order chi connectivity index (χ1) is 8.54. The third-order valence-electron chi connectivity index (χ3n) is 2.20. The van der Waals surface area contributed by atoms with Crippen molar-refractivity contribution in [2.75, 3.05) is 12.0 Å². The van der Waals surface area contributed by atoms with Crippen LogP contribution in [-0.2, 0) is 4.79 Å². The molecule has 0 fully saturated rings. The Morgan fingerprint density at radius 3 is 2.89 bits per heavy atom. The third-order valence-corrected chi connectivity index (χ3v) is 2.85. The SMILES string of the molecule is CSCC[C@H](NC(=O)c1ccnc(F)c1)C(=O)O. The molecule has 1 atom stereocenters. The van der Waals surface area contributed by atoms with Crippen LogP contribution >= 0.6 is 11.8 Å². The fourth-order valence-corrected chi connectivity index (χ4v) is 1.75. The molecular weight excluding hydrogens is 259 g/mol. The molecule has 7 heteroatoms. The van der Waals surface area contributed by atoms with Gasteiger partial charge in [0, 0.05) is 17.8 Å². The van der Waals surface area contributed by atoms with Crippen LogP contribution < -0.4 is 5.32 Å². The molecule has 0 aromatic carbocycles. The molecule has 1 aromatic heterocycles. The van der Waals surface area contributed by atoms with Gasteiger partial charge >= 0.3 is 5.97 Å². The highest BCUT2D eigenvalue weighted by molar-refractivity contribution is 7.98. The van der Waals surface area contributed by atoms with Crippen LogP contribution in [0.5, 0.6) is 0 Å². The van der Waals surface area contributed by atoms with Crippen molar-refractivity contribution in [3.63, 3.8) is 0 Å². The van der Waals surface area contributed by atoms with Crippen molar-refractivity contribution < 1.29 is 19.1 Å². The number of aromatic nitrogens is 1. The Balaban J connectivity index is 2.69. The Morgan fingerprint density at radius 2 is 2.33 bits per heavy atom. The monoisotopic (exact) mass is 272 g/mol. The van der Waals surface area contributed by atoms with E-state index in [4.69, 9.17) is 5.11 Å². The van der Waals surface area contributed by atoms with Gasteiger partial charge in [-0.25, -0.2) is 9.78 Å². The summed E-state index contributed by atoms with van der Waals surface area (Å²) in [6.07, 6.45) is 3.32. The number of carboxylic acid groups (broad SMARTS) is 1. The lowest BCUT2D eigenvalue weighted by Crippen LogP contribution is -2.41. The van der Waals surface area contributed by atoms with Crippen LogP contribution in [0, 0.1) is 5.95 Å². The highest BCUT2D eigenvalue weighted by Crippen LogP contribution is 2.04. The molecule has 0 saturated carbocycles. The van der Waals surface area contributed by atoms with Crippen LogP contribution in [0.25, 0.3) is 0 Å². The number of carbonyl (C=O) groups excluding carboxylic acids is 1. The standard InChI is InChI=1S/C11H13FN2O3S/c1-18-5-3-8(11(16)17)14-10(15)7-2-4-13-9(12)6-7/h2,4,6,8H,3,5H2,1H3,(H,14,15)(H,16,17)/t8-/m0/s1. The van der Waals surface area contributed by atoms with Crippen molar-refractivity contribution in [2.24, 2.45) is 0 Å². The Hall–Kier alpha value is -1.63. The minimum Gasteiger partial charge on any atom is -0.480 e. The van der Waals surface area contributed by atoms with E-state index in [2.05, 4.69) is 10.3 Å². The fraction of sp³-hybridized carbons (Fsp3) is 0.364. The molecule has 0 aliphatic rings. The third kappa shape index (κ3) is 4.33. The van der Waals surface area contributed by atoms with Crippen LogP contribution in [0.2, 0.25) is 0 Å². The number of halogens is 1. The zero-order valence-electron chi connectivity index (χ0n) is 9.72. The molecule has 1 aromatic rings. The summed E-state index contributed by atoms with van der Waals surface area (Å²) in [5.41, 5.74) is 0.0536. The van der Waals surface area contributed by atoms with Gasteiger partial charge in [0.05, 0.1) is 0 Å². The molecule has 0 spiro atoms. The second-order valence-corrected chi connectivity index (χ2v) is 4.50. The molecule has 98 valence electrons. The number of pyridine rings is 1. The van der Waals surface area contributed by atoms with Crippen LogP contribution in [0.1, 0.15) is 16.8 Å². The zero-order valence-corrected chi connectivity index (χ0v) is 10.5. The first-order valence-corrected chi connectivity index (χ1v) is 6.58. The van der Waals surface area contributed by atoms with Crippen molar-refractivity contribution >= 4 is 23.6 Å². The van der Waals surface area contributed by atoms with Crippen molar-refractivity contribution in [3.8, 4) is 0 Å². The van der Waals surface area contributed by atoms with Gasteiger partial charge < -0.3 is 10.4 Å². The quantitative estimate of drug-likeness (QED) is 0.760. The first kappa shape index (κ1) is 14.4. The maximum absolute atomic E-state index is 12.8. The van der Waals surface area contributed by atoms with Gasteiger partial charge in [0.15, 0.2) is 0 Å². The number of amides is 1. The van der Waals surface area contributed by atoms with Crippen molar-refractivity contribution in [3.05, 3.63) is 29.8 Å². The highest BCUT2D eigenvalue weighted by atomic mass is 32.2. The smallest absolute Gasteiger partial charge is 0.326 e. The number of carbonyl (C=O) groups is 2. The number of thioether (sulfide) groups is 1. The summed E-state index contributed by atoms with van der Waals surface area (Å²) in [4.78, 5) is 25.9.